The third kappa shape index (κ3) is 8.32. The van der Waals surface area contributed by atoms with Crippen LogP contribution >= 0.6 is 23.2 Å². The quantitative estimate of drug-likeness (QED) is 0.216. The summed E-state index contributed by atoms with van der Waals surface area (Å²) < 4.78 is 11.5. The van der Waals surface area contributed by atoms with Crippen LogP contribution in [-0.2, 0) is 30.3 Å². The van der Waals surface area contributed by atoms with Crippen LogP contribution in [0.2, 0.25) is 10.0 Å². The molecule has 9 heteroatoms. The zero-order chi connectivity index (χ0) is 29.4. The molecule has 2 unspecified atom stereocenters. The summed E-state index contributed by atoms with van der Waals surface area (Å²) in [5.41, 5.74) is 3.69. The van der Waals surface area contributed by atoms with Crippen LogP contribution in [-0.4, -0.2) is 48.5 Å². The van der Waals surface area contributed by atoms with Gasteiger partial charge in [0.25, 0.3) is 5.91 Å². The first kappa shape index (κ1) is 30.6. The molecule has 0 saturated carbocycles. The van der Waals surface area contributed by atoms with Gasteiger partial charge in [-0.05, 0) is 61.2 Å². The number of aryl methyl sites for hydroxylation is 1. The molecule has 0 aliphatic carbocycles. The number of morpholine rings is 1. The molecule has 7 nitrogen and oxygen atoms in total. The third-order valence-corrected chi connectivity index (χ3v) is 7.45. The lowest BCUT2D eigenvalue weighted by atomic mass is 9.90. The van der Waals surface area contributed by atoms with E-state index in [-0.39, 0.29) is 37.3 Å². The van der Waals surface area contributed by atoms with E-state index in [0.717, 1.165) is 22.3 Å². The van der Waals surface area contributed by atoms with Gasteiger partial charge in [-0.15, -0.1) is 0 Å². The van der Waals surface area contributed by atoms with Gasteiger partial charge in [0.2, 0.25) is 5.91 Å². The monoisotopic (exact) mass is 596 g/mol. The Morgan fingerprint density at radius 2 is 1.54 bits per heavy atom. The molecule has 1 heterocycles. The molecular formula is C32H34Cl2N2O5. The van der Waals surface area contributed by atoms with Gasteiger partial charge in [0.05, 0.1) is 12.6 Å². The predicted molar refractivity (Wildman–Crippen MR) is 159 cm³/mol. The summed E-state index contributed by atoms with van der Waals surface area (Å²) >= 11 is 12.4. The molecule has 2 amide bonds. The van der Waals surface area contributed by atoms with Crippen LogP contribution < -0.4 is 5.32 Å². The minimum Gasteiger partial charge on any atom is -0.466 e. The molecular weight excluding hydrogens is 563 g/mol. The van der Waals surface area contributed by atoms with Crippen LogP contribution in [0, 0.1) is 6.92 Å². The lowest BCUT2D eigenvalue weighted by Gasteiger charge is -2.44. The van der Waals surface area contributed by atoms with Crippen molar-refractivity contribution in [3.63, 3.8) is 0 Å². The minimum absolute atomic E-state index is 0.177. The van der Waals surface area contributed by atoms with Crippen LogP contribution in [0.5, 0.6) is 0 Å². The molecule has 216 valence electrons. The topological polar surface area (TPSA) is 84.9 Å². The molecule has 1 N–H and O–H groups in total. The number of rotatable bonds is 11. The molecule has 0 bridgehead atoms. The lowest BCUT2D eigenvalue weighted by Crippen LogP contribution is -2.54. The van der Waals surface area contributed by atoms with Crippen molar-refractivity contribution in [3.05, 3.63) is 105 Å². The lowest BCUT2D eigenvalue weighted by molar-refractivity contribution is -0.175. The van der Waals surface area contributed by atoms with Gasteiger partial charge < -0.3 is 19.7 Å². The first-order valence-electron chi connectivity index (χ1n) is 13.7. The molecule has 3 aromatic rings. The van der Waals surface area contributed by atoms with Crippen molar-refractivity contribution >= 4 is 41.0 Å². The normalized spacial score (nSPS) is 18.7. The van der Waals surface area contributed by atoms with Crippen LogP contribution in [0.25, 0.3) is 0 Å². The van der Waals surface area contributed by atoms with Crippen LogP contribution in [0.15, 0.2) is 72.8 Å². The van der Waals surface area contributed by atoms with E-state index in [1.54, 1.807) is 36.1 Å². The maximum absolute atomic E-state index is 14.0. The highest BCUT2D eigenvalue weighted by Crippen LogP contribution is 2.43. The third-order valence-electron chi connectivity index (χ3n) is 6.94. The van der Waals surface area contributed by atoms with E-state index in [1.807, 2.05) is 55.5 Å². The summed E-state index contributed by atoms with van der Waals surface area (Å²) in [4.78, 5) is 40.4. The summed E-state index contributed by atoms with van der Waals surface area (Å²) in [7, 11) is 0. The number of hydrogen-bond donors (Lipinski definition) is 1. The number of nitrogens with one attached hydrogen (secondary N) is 1. The van der Waals surface area contributed by atoms with E-state index in [0.29, 0.717) is 29.5 Å². The molecule has 1 aliphatic heterocycles. The molecule has 0 radical (unpaired) electrons. The van der Waals surface area contributed by atoms with Crippen LogP contribution in [0.1, 0.15) is 54.2 Å². The second-order valence-electron chi connectivity index (χ2n) is 10.0. The van der Waals surface area contributed by atoms with Crippen molar-refractivity contribution in [2.45, 2.75) is 51.4 Å². The number of hydrogen-bond acceptors (Lipinski definition) is 5. The molecule has 1 aliphatic rings. The Labute approximate surface area is 250 Å². The van der Waals surface area contributed by atoms with Crippen LogP contribution in [0.3, 0.4) is 0 Å². The predicted octanol–water partition coefficient (Wildman–Crippen LogP) is 6.01. The smallest absolute Gasteiger partial charge is 0.305 e. The number of carbonyl (C=O) groups excluding carboxylic acids is 3. The number of benzene rings is 3. The van der Waals surface area contributed by atoms with Gasteiger partial charge in [-0.3, -0.25) is 14.4 Å². The van der Waals surface area contributed by atoms with Gasteiger partial charge in [-0.1, -0.05) is 77.3 Å². The number of nitrogens with zero attached hydrogens (tertiary/aromatic N) is 1. The average molecular weight is 598 g/mol. The first-order chi connectivity index (χ1) is 19.7. The maximum Gasteiger partial charge on any atom is 0.305 e. The van der Waals surface area contributed by atoms with Crippen molar-refractivity contribution in [1.29, 1.82) is 0 Å². The number of carbonyl (C=O) groups is 3. The van der Waals surface area contributed by atoms with E-state index in [1.165, 1.54) is 0 Å². The van der Waals surface area contributed by atoms with Gasteiger partial charge in [-0.2, -0.15) is 0 Å². The van der Waals surface area contributed by atoms with Gasteiger partial charge in [0, 0.05) is 29.4 Å². The van der Waals surface area contributed by atoms with Crippen LogP contribution in [0.4, 0.5) is 0 Å². The number of amides is 2. The second-order valence-corrected chi connectivity index (χ2v) is 10.9. The van der Waals surface area contributed by atoms with E-state index in [4.69, 9.17) is 32.7 Å². The van der Waals surface area contributed by atoms with E-state index < -0.39 is 18.2 Å². The highest BCUT2D eigenvalue weighted by atomic mass is 35.5. The van der Waals surface area contributed by atoms with Gasteiger partial charge in [-0.25, -0.2) is 0 Å². The van der Waals surface area contributed by atoms with Gasteiger partial charge >= 0.3 is 5.97 Å². The van der Waals surface area contributed by atoms with E-state index in [2.05, 4.69) is 5.32 Å². The fourth-order valence-corrected chi connectivity index (χ4v) is 5.13. The summed E-state index contributed by atoms with van der Waals surface area (Å²) in [6.07, 6.45) is -0.383. The summed E-state index contributed by atoms with van der Waals surface area (Å²) in [5.74, 6) is -0.915. The second kappa shape index (κ2) is 14.5. The Bertz CT molecular complexity index is 1330. The highest BCUT2D eigenvalue weighted by Gasteiger charge is 2.44. The van der Waals surface area contributed by atoms with E-state index in [9.17, 15) is 14.4 Å². The van der Waals surface area contributed by atoms with Gasteiger partial charge in [0.1, 0.15) is 18.8 Å². The minimum atomic E-state index is -0.807. The zero-order valence-corrected chi connectivity index (χ0v) is 24.7. The molecule has 4 rings (SSSR count). The van der Waals surface area contributed by atoms with Crippen molar-refractivity contribution in [1.82, 2.24) is 10.2 Å². The molecule has 0 spiro atoms. The molecule has 3 atom stereocenters. The number of halogens is 2. The maximum atomic E-state index is 14.0. The zero-order valence-electron chi connectivity index (χ0n) is 23.1. The molecule has 0 aromatic heterocycles. The summed E-state index contributed by atoms with van der Waals surface area (Å²) in [6, 6.07) is 21.9. The largest absolute Gasteiger partial charge is 0.466 e. The SMILES string of the molecule is CCOC(=O)CCCNC(=O)CN1C(=O)[C@H](Cc2ccc(C)cc2)OC(c2ccc(Cl)cc2)C1c1ccc(Cl)cc1. The number of esters is 1. The Hall–Kier alpha value is -3.39. The molecule has 1 fully saturated rings. The summed E-state index contributed by atoms with van der Waals surface area (Å²) in [5, 5.41) is 3.98. The molecule has 1 saturated heterocycles. The van der Waals surface area contributed by atoms with Gasteiger partial charge in [0.15, 0.2) is 0 Å². The standard InChI is InChI=1S/C32H34Cl2N2O5/c1-3-40-29(38)5-4-18-35-28(37)20-36-30(23-10-14-25(33)15-11-23)31(24-12-16-26(34)17-13-24)41-27(32(36)39)19-22-8-6-21(2)7-9-22/h6-17,27,30-31H,3-5,18-20H2,1-2H3,(H,35,37)/t27-,30?,31?/m0/s1. The van der Waals surface area contributed by atoms with Crippen molar-refractivity contribution in [3.8, 4) is 0 Å². The van der Waals surface area contributed by atoms with Crippen molar-refractivity contribution < 1.29 is 23.9 Å². The van der Waals surface area contributed by atoms with Crippen molar-refractivity contribution in [2.75, 3.05) is 19.7 Å². The van der Waals surface area contributed by atoms with E-state index >= 15 is 0 Å². The first-order valence-corrected chi connectivity index (χ1v) is 14.5. The fourth-order valence-electron chi connectivity index (χ4n) is 4.88. The Kier molecular flexibility index (Phi) is 10.8. The van der Waals surface area contributed by atoms with Crippen molar-refractivity contribution in [2.24, 2.45) is 0 Å². The highest BCUT2D eigenvalue weighted by molar-refractivity contribution is 6.30. The Balaban J connectivity index is 1.63. The number of ether oxygens (including phenoxy) is 2. The molecule has 41 heavy (non-hydrogen) atoms. The summed E-state index contributed by atoms with van der Waals surface area (Å²) in [6.45, 7) is 4.18. The Morgan fingerprint density at radius 3 is 2.15 bits per heavy atom. The Morgan fingerprint density at radius 1 is 0.927 bits per heavy atom. The fraction of sp³-hybridized carbons (Fsp3) is 0.344. The average Bonchev–Trinajstić information content (AvgIpc) is 2.95. The molecule has 3 aromatic carbocycles.